The molecule has 0 amide bonds. The van der Waals surface area contributed by atoms with Gasteiger partial charge in [-0.25, -0.2) is 12.8 Å². The number of benzene rings is 2. The Morgan fingerprint density at radius 3 is 2.66 bits per heavy atom. The van der Waals surface area contributed by atoms with E-state index < -0.39 is 10.0 Å². The van der Waals surface area contributed by atoms with Crippen molar-refractivity contribution in [3.63, 3.8) is 0 Å². The van der Waals surface area contributed by atoms with Gasteiger partial charge in [-0.2, -0.15) is 0 Å². The number of hydrogen-bond donors (Lipinski definition) is 0. The first kappa shape index (κ1) is 18.9. The minimum absolute atomic E-state index is 0.0238. The maximum Gasteiger partial charge on any atom is 0.266 e. The van der Waals surface area contributed by atoms with Gasteiger partial charge in [0.1, 0.15) is 22.8 Å². The standard InChI is InChI=1S/C20H17FN4O3S/c1-28-18-4-2-3-17(11-18)25(12-15-5-7-16(21)8-6-15)29(26,27)19-9-10-20-23-22-14-24(20)13-19/h2-11,13-14H,12H2,1H3. The van der Waals surface area contributed by atoms with Crippen LogP contribution in [0.3, 0.4) is 0 Å². The van der Waals surface area contributed by atoms with Gasteiger partial charge in [0.05, 0.1) is 19.3 Å². The Morgan fingerprint density at radius 2 is 1.90 bits per heavy atom. The summed E-state index contributed by atoms with van der Waals surface area (Å²) in [4.78, 5) is 0.0785. The van der Waals surface area contributed by atoms with Crippen molar-refractivity contribution in [2.24, 2.45) is 0 Å². The molecule has 2 heterocycles. The lowest BCUT2D eigenvalue weighted by Crippen LogP contribution is -2.30. The minimum Gasteiger partial charge on any atom is -0.497 e. The third kappa shape index (κ3) is 3.77. The zero-order valence-electron chi connectivity index (χ0n) is 15.4. The molecule has 0 atom stereocenters. The summed E-state index contributed by atoms with van der Waals surface area (Å²) in [5.41, 5.74) is 1.61. The summed E-state index contributed by atoms with van der Waals surface area (Å²) in [7, 11) is -2.44. The molecule has 29 heavy (non-hydrogen) atoms. The normalized spacial score (nSPS) is 11.5. The van der Waals surface area contributed by atoms with Crippen molar-refractivity contribution < 1.29 is 17.5 Å². The Bertz CT molecular complexity index is 1260. The molecule has 148 valence electrons. The molecule has 4 rings (SSSR count). The van der Waals surface area contributed by atoms with Gasteiger partial charge < -0.3 is 4.74 Å². The van der Waals surface area contributed by atoms with E-state index in [1.807, 2.05) is 0 Å². The third-order valence-corrected chi connectivity index (χ3v) is 6.19. The van der Waals surface area contributed by atoms with Gasteiger partial charge in [0, 0.05) is 12.3 Å². The SMILES string of the molecule is COc1cccc(N(Cc2ccc(F)cc2)S(=O)(=O)c2ccc3nncn3c2)c1. The first-order valence-corrected chi connectivity index (χ1v) is 10.1. The number of hydrogen-bond acceptors (Lipinski definition) is 5. The quantitative estimate of drug-likeness (QED) is 0.486. The van der Waals surface area contributed by atoms with E-state index in [4.69, 9.17) is 4.74 Å². The molecule has 0 saturated carbocycles. The second kappa shape index (κ2) is 7.51. The van der Waals surface area contributed by atoms with Gasteiger partial charge in [-0.3, -0.25) is 8.71 Å². The summed E-state index contributed by atoms with van der Waals surface area (Å²) in [6, 6.07) is 15.5. The molecule has 0 spiro atoms. The number of anilines is 1. The summed E-state index contributed by atoms with van der Waals surface area (Å²) < 4.78 is 48.4. The average Bonchev–Trinajstić information content (AvgIpc) is 3.21. The van der Waals surface area contributed by atoms with Gasteiger partial charge in [-0.1, -0.05) is 18.2 Å². The molecule has 0 aliphatic rings. The number of halogens is 1. The van der Waals surface area contributed by atoms with E-state index in [9.17, 15) is 12.8 Å². The highest BCUT2D eigenvalue weighted by Crippen LogP contribution is 2.29. The van der Waals surface area contributed by atoms with E-state index in [-0.39, 0.29) is 17.3 Å². The molecular weight excluding hydrogens is 395 g/mol. The molecule has 0 N–H and O–H groups in total. The lowest BCUT2D eigenvalue weighted by Gasteiger charge is -2.25. The van der Waals surface area contributed by atoms with Crippen molar-refractivity contribution in [2.45, 2.75) is 11.4 Å². The van der Waals surface area contributed by atoms with Crippen LogP contribution < -0.4 is 9.04 Å². The Hall–Kier alpha value is -3.46. The molecule has 0 fully saturated rings. The number of methoxy groups -OCH3 is 1. The van der Waals surface area contributed by atoms with E-state index in [1.165, 1.54) is 46.5 Å². The van der Waals surface area contributed by atoms with Crippen LogP contribution in [0.25, 0.3) is 5.65 Å². The maximum absolute atomic E-state index is 13.5. The van der Waals surface area contributed by atoms with Crippen molar-refractivity contribution in [1.29, 1.82) is 0 Å². The van der Waals surface area contributed by atoms with Crippen LogP contribution >= 0.6 is 0 Å². The monoisotopic (exact) mass is 412 g/mol. The first-order chi connectivity index (χ1) is 14.0. The van der Waals surface area contributed by atoms with Gasteiger partial charge >= 0.3 is 0 Å². The number of nitrogens with zero attached hydrogens (tertiary/aromatic N) is 4. The largest absolute Gasteiger partial charge is 0.497 e. The molecule has 7 nitrogen and oxygen atoms in total. The van der Waals surface area contributed by atoms with Crippen LogP contribution in [0.1, 0.15) is 5.56 Å². The molecule has 4 aromatic rings. The molecular formula is C20H17FN4O3S. The van der Waals surface area contributed by atoms with Gasteiger partial charge in [0.25, 0.3) is 10.0 Å². The van der Waals surface area contributed by atoms with Crippen LogP contribution in [0.4, 0.5) is 10.1 Å². The Kier molecular flexibility index (Phi) is 4.89. The van der Waals surface area contributed by atoms with Gasteiger partial charge in [-0.15, -0.1) is 10.2 Å². The Morgan fingerprint density at radius 1 is 1.10 bits per heavy atom. The van der Waals surface area contributed by atoms with Crippen molar-refractivity contribution in [1.82, 2.24) is 14.6 Å². The maximum atomic E-state index is 13.5. The minimum atomic E-state index is -3.95. The molecule has 2 aromatic heterocycles. The van der Waals surface area contributed by atoms with Crippen molar-refractivity contribution >= 4 is 21.4 Å². The molecule has 9 heteroatoms. The van der Waals surface area contributed by atoms with Gasteiger partial charge in [-0.05, 0) is 42.0 Å². The van der Waals surface area contributed by atoms with Crippen LogP contribution in [-0.4, -0.2) is 30.1 Å². The highest BCUT2D eigenvalue weighted by Gasteiger charge is 2.26. The van der Waals surface area contributed by atoms with Crippen LogP contribution in [-0.2, 0) is 16.6 Å². The summed E-state index contributed by atoms with van der Waals surface area (Å²) >= 11 is 0. The molecule has 0 bridgehead atoms. The molecule has 0 radical (unpaired) electrons. The Balaban J connectivity index is 1.81. The van der Waals surface area contributed by atoms with Gasteiger partial charge in [0.2, 0.25) is 0 Å². The Labute approximate surface area is 167 Å². The van der Waals surface area contributed by atoms with E-state index in [0.29, 0.717) is 22.6 Å². The molecule has 0 aliphatic heterocycles. The predicted octanol–water partition coefficient (Wildman–Crippen LogP) is 3.27. The summed E-state index contributed by atoms with van der Waals surface area (Å²) in [6.07, 6.45) is 2.90. The second-order valence-electron chi connectivity index (χ2n) is 6.30. The lowest BCUT2D eigenvalue weighted by atomic mass is 10.2. The number of aromatic nitrogens is 3. The zero-order valence-corrected chi connectivity index (χ0v) is 16.3. The van der Waals surface area contributed by atoms with Crippen LogP contribution in [0.2, 0.25) is 0 Å². The predicted molar refractivity (Wildman–Crippen MR) is 106 cm³/mol. The fourth-order valence-electron chi connectivity index (χ4n) is 2.92. The smallest absolute Gasteiger partial charge is 0.266 e. The number of ether oxygens (including phenoxy) is 1. The topological polar surface area (TPSA) is 76.8 Å². The number of fused-ring (bicyclic) bond motifs is 1. The van der Waals surface area contributed by atoms with E-state index in [0.717, 1.165) is 0 Å². The molecule has 0 unspecified atom stereocenters. The second-order valence-corrected chi connectivity index (χ2v) is 8.16. The average molecular weight is 412 g/mol. The van der Waals surface area contributed by atoms with E-state index >= 15 is 0 Å². The van der Waals surface area contributed by atoms with Crippen LogP contribution in [0.5, 0.6) is 5.75 Å². The highest BCUT2D eigenvalue weighted by molar-refractivity contribution is 7.92. The van der Waals surface area contributed by atoms with E-state index in [2.05, 4.69) is 10.2 Å². The fraction of sp³-hybridized carbons (Fsp3) is 0.100. The molecule has 0 saturated heterocycles. The fourth-order valence-corrected chi connectivity index (χ4v) is 4.37. The summed E-state index contributed by atoms with van der Waals surface area (Å²) in [5, 5.41) is 7.67. The number of sulfonamides is 1. The van der Waals surface area contributed by atoms with Crippen LogP contribution in [0, 0.1) is 5.82 Å². The van der Waals surface area contributed by atoms with Crippen LogP contribution in [0.15, 0.2) is 78.1 Å². The number of rotatable bonds is 6. The molecule has 2 aromatic carbocycles. The lowest BCUT2D eigenvalue weighted by molar-refractivity contribution is 0.415. The van der Waals surface area contributed by atoms with E-state index in [1.54, 1.807) is 42.5 Å². The zero-order chi connectivity index (χ0) is 20.4. The molecule has 0 aliphatic carbocycles. The van der Waals surface area contributed by atoms with Crippen molar-refractivity contribution in [3.8, 4) is 5.75 Å². The highest BCUT2D eigenvalue weighted by atomic mass is 32.2. The summed E-state index contributed by atoms with van der Waals surface area (Å²) in [6.45, 7) is 0.0238. The van der Waals surface area contributed by atoms with Crippen molar-refractivity contribution in [2.75, 3.05) is 11.4 Å². The summed E-state index contributed by atoms with van der Waals surface area (Å²) in [5.74, 6) is 0.138. The first-order valence-electron chi connectivity index (χ1n) is 8.68. The van der Waals surface area contributed by atoms with Crippen molar-refractivity contribution in [3.05, 3.63) is 84.6 Å². The number of pyridine rings is 1. The third-order valence-electron chi connectivity index (χ3n) is 4.43. The van der Waals surface area contributed by atoms with Gasteiger partial charge in [0.15, 0.2) is 5.65 Å².